The summed E-state index contributed by atoms with van der Waals surface area (Å²) >= 11 is 3.53. The molecule has 27 heavy (non-hydrogen) atoms. The summed E-state index contributed by atoms with van der Waals surface area (Å²) in [5, 5.41) is 3.75. The van der Waals surface area contributed by atoms with Gasteiger partial charge in [-0.25, -0.2) is 0 Å². The van der Waals surface area contributed by atoms with Gasteiger partial charge in [0.25, 0.3) is 5.91 Å². The molecule has 140 valence electrons. The third kappa shape index (κ3) is 3.31. The molecule has 0 fully saturated rings. The number of hydrogen-bond donors (Lipinski definition) is 1. The van der Waals surface area contributed by atoms with E-state index in [-0.39, 0.29) is 11.9 Å². The Hall–Kier alpha value is -2.07. The molecule has 1 heterocycles. The van der Waals surface area contributed by atoms with E-state index in [2.05, 4.69) is 69.8 Å². The van der Waals surface area contributed by atoms with Crippen LogP contribution in [0.1, 0.15) is 53.7 Å². The molecule has 1 amide bonds. The van der Waals surface area contributed by atoms with Crippen molar-refractivity contribution in [2.24, 2.45) is 5.92 Å². The van der Waals surface area contributed by atoms with Gasteiger partial charge in [-0.15, -0.1) is 0 Å². The zero-order valence-corrected chi connectivity index (χ0v) is 17.4. The number of carbonyl (C=O) groups excluding carboxylic acids is 1. The van der Waals surface area contributed by atoms with Crippen LogP contribution in [0.4, 0.5) is 5.69 Å². The van der Waals surface area contributed by atoms with Gasteiger partial charge in [-0.3, -0.25) is 4.79 Å². The van der Waals surface area contributed by atoms with Crippen molar-refractivity contribution in [1.29, 1.82) is 0 Å². The monoisotopic (exact) mass is 424 g/mol. The normalized spacial score (nSPS) is 22.7. The van der Waals surface area contributed by atoms with E-state index >= 15 is 0 Å². The molecule has 0 spiro atoms. The number of nitrogens with zero attached hydrogens (tertiary/aromatic N) is 1. The third-order valence-corrected chi connectivity index (χ3v) is 6.42. The number of nitrogens with one attached hydrogen (secondary N) is 1. The second-order valence-corrected chi connectivity index (χ2v) is 8.22. The highest BCUT2D eigenvalue weighted by Gasteiger charge is 2.38. The number of fused-ring (bicyclic) bond motifs is 3. The number of anilines is 1. The second kappa shape index (κ2) is 7.51. The first-order chi connectivity index (χ1) is 13.1. The van der Waals surface area contributed by atoms with Gasteiger partial charge in [0.2, 0.25) is 0 Å². The molecule has 0 radical (unpaired) electrons. The summed E-state index contributed by atoms with van der Waals surface area (Å²) in [6.07, 6.45) is 5.67. The summed E-state index contributed by atoms with van der Waals surface area (Å²) in [6, 6.07) is 15.0. The molecule has 1 N–H and O–H groups in total. The average molecular weight is 425 g/mol. The lowest BCUT2D eigenvalue weighted by molar-refractivity contribution is 0.0773. The third-order valence-electron chi connectivity index (χ3n) is 5.89. The van der Waals surface area contributed by atoms with E-state index in [1.807, 2.05) is 24.8 Å². The van der Waals surface area contributed by atoms with Gasteiger partial charge in [-0.1, -0.05) is 40.2 Å². The zero-order chi connectivity index (χ0) is 19.0. The average Bonchev–Trinajstić information content (AvgIpc) is 3.19. The maximum Gasteiger partial charge on any atom is 0.253 e. The van der Waals surface area contributed by atoms with E-state index in [4.69, 9.17) is 0 Å². The topological polar surface area (TPSA) is 32.3 Å². The van der Waals surface area contributed by atoms with Crippen LogP contribution >= 0.6 is 15.9 Å². The van der Waals surface area contributed by atoms with E-state index in [9.17, 15) is 4.79 Å². The molecule has 2 aromatic carbocycles. The van der Waals surface area contributed by atoms with Gasteiger partial charge in [0.15, 0.2) is 0 Å². The molecular weight excluding hydrogens is 400 g/mol. The molecule has 0 aromatic heterocycles. The standard InChI is InChI=1S/C23H25BrN2O/c1-3-26(4-2)23(27)16-10-13-21-20(14-16)18-6-5-7-19(18)22(25-21)15-8-11-17(24)12-9-15/h5-6,8-14,18-19,22,25H,3-4,7H2,1-2H3/t18-,19-,22-/m1/s1. The Bertz CT molecular complexity index is 870. The van der Waals surface area contributed by atoms with Gasteiger partial charge in [0, 0.05) is 34.7 Å². The van der Waals surface area contributed by atoms with Gasteiger partial charge in [-0.05, 0) is 67.6 Å². The van der Waals surface area contributed by atoms with Crippen molar-refractivity contribution >= 4 is 27.5 Å². The van der Waals surface area contributed by atoms with E-state index in [0.717, 1.165) is 35.2 Å². The Labute approximate surface area is 169 Å². The van der Waals surface area contributed by atoms with Crippen LogP contribution < -0.4 is 5.32 Å². The van der Waals surface area contributed by atoms with Gasteiger partial charge < -0.3 is 10.2 Å². The molecule has 2 aromatic rings. The lowest BCUT2D eigenvalue weighted by Crippen LogP contribution is -2.32. The number of halogens is 1. The van der Waals surface area contributed by atoms with Crippen molar-refractivity contribution < 1.29 is 4.79 Å². The van der Waals surface area contributed by atoms with E-state index < -0.39 is 0 Å². The summed E-state index contributed by atoms with van der Waals surface area (Å²) in [5.74, 6) is 0.966. The second-order valence-electron chi connectivity index (χ2n) is 7.31. The first-order valence-corrected chi connectivity index (χ1v) is 10.5. The lowest BCUT2D eigenvalue weighted by Gasteiger charge is -2.38. The maximum atomic E-state index is 12.8. The van der Waals surface area contributed by atoms with Crippen LogP contribution in [0.15, 0.2) is 59.1 Å². The number of amides is 1. The smallest absolute Gasteiger partial charge is 0.253 e. The SMILES string of the molecule is CCN(CC)C(=O)c1ccc2c(c1)[C@@H]1C=CC[C@H]1[C@@H](c1ccc(Br)cc1)N2. The van der Waals surface area contributed by atoms with Crippen molar-refractivity contribution in [2.45, 2.75) is 32.2 Å². The molecule has 0 bridgehead atoms. The molecule has 3 nitrogen and oxygen atoms in total. The van der Waals surface area contributed by atoms with Crippen molar-refractivity contribution in [3.8, 4) is 0 Å². The number of benzene rings is 2. The predicted octanol–water partition coefficient (Wildman–Crippen LogP) is 5.76. The Morgan fingerprint density at radius 2 is 1.89 bits per heavy atom. The lowest BCUT2D eigenvalue weighted by atomic mass is 9.76. The zero-order valence-electron chi connectivity index (χ0n) is 15.8. The molecule has 2 aliphatic rings. The van der Waals surface area contributed by atoms with Crippen molar-refractivity contribution in [2.75, 3.05) is 18.4 Å². The quantitative estimate of drug-likeness (QED) is 0.632. The fourth-order valence-corrected chi connectivity index (χ4v) is 4.69. The Morgan fingerprint density at radius 3 is 2.59 bits per heavy atom. The van der Waals surface area contributed by atoms with Gasteiger partial charge in [-0.2, -0.15) is 0 Å². The van der Waals surface area contributed by atoms with Gasteiger partial charge in [0.05, 0.1) is 6.04 Å². The van der Waals surface area contributed by atoms with Crippen LogP contribution in [0, 0.1) is 5.92 Å². The van der Waals surface area contributed by atoms with Gasteiger partial charge >= 0.3 is 0 Å². The molecule has 4 heteroatoms. The highest BCUT2D eigenvalue weighted by atomic mass is 79.9. The first-order valence-electron chi connectivity index (χ1n) is 9.74. The highest BCUT2D eigenvalue weighted by Crippen LogP contribution is 2.50. The summed E-state index contributed by atoms with van der Waals surface area (Å²) < 4.78 is 1.10. The van der Waals surface area contributed by atoms with Crippen molar-refractivity contribution in [1.82, 2.24) is 4.90 Å². The Kier molecular flexibility index (Phi) is 5.09. The van der Waals surface area contributed by atoms with Crippen LogP contribution in [0.5, 0.6) is 0 Å². The fourth-order valence-electron chi connectivity index (χ4n) is 4.42. The van der Waals surface area contributed by atoms with Crippen molar-refractivity contribution in [3.63, 3.8) is 0 Å². The summed E-state index contributed by atoms with van der Waals surface area (Å²) in [6.45, 7) is 5.53. The fraction of sp³-hybridized carbons (Fsp3) is 0.348. The molecule has 3 atom stereocenters. The van der Waals surface area contributed by atoms with Crippen LogP contribution in [0.25, 0.3) is 0 Å². The van der Waals surface area contributed by atoms with Crippen LogP contribution in [0.3, 0.4) is 0 Å². The number of allylic oxidation sites excluding steroid dienone is 2. The molecule has 4 rings (SSSR count). The summed E-state index contributed by atoms with van der Waals surface area (Å²) in [5.41, 5.74) is 4.50. The van der Waals surface area contributed by atoms with Gasteiger partial charge in [0.1, 0.15) is 0 Å². The summed E-state index contributed by atoms with van der Waals surface area (Å²) in [7, 11) is 0. The maximum absolute atomic E-state index is 12.8. The molecule has 1 aliphatic heterocycles. The van der Waals surface area contributed by atoms with E-state index in [0.29, 0.717) is 11.8 Å². The molecule has 0 saturated heterocycles. The predicted molar refractivity (Wildman–Crippen MR) is 114 cm³/mol. The number of hydrogen-bond acceptors (Lipinski definition) is 2. The van der Waals surface area contributed by atoms with Crippen LogP contribution in [0.2, 0.25) is 0 Å². The molecular formula is C23H25BrN2O. The van der Waals surface area contributed by atoms with E-state index in [1.165, 1.54) is 11.1 Å². The Morgan fingerprint density at radius 1 is 1.15 bits per heavy atom. The molecule has 1 aliphatic carbocycles. The molecule has 0 saturated carbocycles. The first kappa shape index (κ1) is 18.3. The molecule has 0 unspecified atom stereocenters. The summed E-state index contributed by atoms with van der Waals surface area (Å²) in [4.78, 5) is 14.7. The number of rotatable bonds is 4. The van der Waals surface area contributed by atoms with E-state index in [1.54, 1.807) is 0 Å². The minimum Gasteiger partial charge on any atom is -0.378 e. The largest absolute Gasteiger partial charge is 0.378 e. The van der Waals surface area contributed by atoms with Crippen LogP contribution in [-0.2, 0) is 0 Å². The minimum atomic E-state index is 0.122. The van der Waals surface area contributed by atoms with Crippen molar-refractivity contribution in [3.05, 3.63) is 75.8 Å². The Balaban J connectivity index is 1.69. The van der Waals surface area contributed by atoms with Crippen LogP contribution in [-0.4, -0.2) is 23.9 Å². The minimum absolute atomic E-state index is 0.122. The highest BCUT2D eigenvalue weighted by molar-refractivity contribution is 9.10. The number of carbonyl (C=O) groups is 1.